The molecule has 7 heteroatoms. The van der Waals surface area contributed by atoms with Crippen molar-refractivity contribution in [1.29, 1.82) is 0 Å². The summed E-state index contributed by atoms with van der Waals surface area (Å²) in [5.74, 6) is 0. The van der Waals surface area contributed by atoms with Gasteiger partial charge in [0.1, 0.15) is 31.8 Å². The SMILES string of the molecule is [Cl][Ru+2][Cl].[NH-][C@H](c1ccccc1)[C@H]([NH-])c1ccccc1.c1ccc([PH+](c2ccccc2)c2cccc3c2C2(CC3)CCc3cccc([PH+](c4ccccc4)c4ccccc4)c32)cc1. The maximum absolute atomic E-state index is 8.07. The van der Waals surface area contributed by atoms with Gasteiger partial charge in [-0.15, -0.1) is 12.1 Å². The van der Waals surface area contributed by atoms with Gasteiger partial charge < -0.3 is 11.5 Å². The van der Waals surface area contributed by atoms with Crippen LogP contribution in [0.2, 0.25) is 0 Å². The minimum Gasteiger partial charge on any atom is -0.672 e. The third-order valence-electron chi connectivity index (χ3n) is 12.3. The Bertz CT molecular complexity index is 2360. The van der Waals surface area contributed by atoms with Gasteiger partial charge in [0.2, 0.25) is 0 Å². The van der Waals surface area contributed by atoms with Crippen molar-refractivity contribution in [3.63, 3.8) is 0 Å². The summed E-state index contributed by atoms with van der Waals surface area (Å²) in [6.45, 7) is 0. The average molecular weight is 973 g/mol. The predicted octanol–water partition coefficient (Wildman–Crippen LogP) is 12.8. The van der Waals surface area contributed by atoms with Crippen molar-refractivity contribution in [2.75, 3.05) is 0 Å². The molecule has 310 valence electrons. The summed E-state index contributed by atoms with van der Waals surface area (Å²) in [5, 5.41) is 9.07. The molecule has 2 N–H and O–H groups in total. The van der Waals surface area contributed by atoms with Crippen molar-refractivity contribution in [3.8, 4) is 0 Å². The summed E-state index contributed by atoms with van der Waals surface area (Å²) in [6, 6.07) is 77.9. The van der Waals surface area contributed by atoms with Crippen molar-refractivity contribution < 1.29 is 15.1 Å². The normalized spacial score (nSPS) is 14.2. The first-order valence-corrected chi connectivity index (χ1v) is 28.6. The molecule has 1 spiro atoms. The van der Waals surface area contributed by atoms with Gasteiger partial charge in [-0.3, -0.25) is 0 Å². The number of halogens is 2. The molecule has 2 aliphatic carbocycles. The summed E-state index contributed by atoms with van der Waals surface area (Å²) < 4.78 is 0. The van der Waals surface area contributed by atoms with Crippen LogP contribution in [0.25, 0.3) is 11.5 Å². The second-order valence-electron chi connectivity index (χ2n) is 15.8. The minimum absolute atomic E-state index is 0.0663. The van der Waals surface area contributed by atoms with E-state index in [1.807, 2.05) is 60.7 Å². The first kappa shape index (κ1) is 44.4. The zero-order valence-corrected chi connectivity index (χ0v) is 39.6. The predicted molar refractivity (Wildman–Crippen MR) is 269 cm³/mol. The number of aryl methyl sites for hydroxylation is 2. The fourth-order valence-electron chi connectivity index (χ4n) is 9.69. The molecule has 0 heterocycles. The largest absolute Gasteiger partial charge is 0.672 e. The molecule has 2 aliphatic rings. The van der Waals surface area contributed by atoms with Gasteiger partial charge in [0.25, 0.3) is 0 Å². The Morgan fingerprint density at radius 2 is 0.661 bits per heavy atom. The van der Waals surface area contributed by atoms with Crippen molar-refractivity contribution in [3.05, 3.63) is 263 Å². The number of rotatable bonds is 9. The third kappa shape index (κ3) is 9.62. The van der Waals surface area contributed by atoms with Gasteiger partial charge in [-0.05, 0) is 97.5 Å². The first-order chi connectivity index (χ1) is 30.5. The van der Waals surface area contributed by atoms with E-state index in [0.717, 1.165) is 24.0 Å². The number of hydrogen-bond donors (Lipinski definition) is 0. The Kier molecular flexibility index (Phi) is 15.3. The molecule has 0 saturated carbocycles. The molecule has 8 aromatic carbocycles. The fourth-order valence-corrected chi connectivity index (χ4v) is 15.5. The van der Waals surface area contributed by atoms with E-state index in [4.69, 9.17) is 30.8 Å². The topological polar surface area (TPSA) is 47.6 Å². The maximum Gasteiger partial charge on any atom is 0.106 e. The molecule has 0 bridgehead atoms. The van der Waals surface area contributed by atoms with Crippen LogP contribution < -0.4 is 31.8 Å². The Labute approximate surface area is 385 Å². The molecule has 0 amide bonds. The van der Waals surface area contributed by atoms with Crippen molar-refractivity contribution in [2.24, 2.45) is 0 Å². The van der Waals surface area contributed by atoms with E-state index in [9.17, 15) is 0 Å². The molecule has 0 unspecified atom stereocenters. The summed E-state index contributed by atoms with van der Waals surface area (Å²) in [6.07, 6.45) is 4.74. The molecular weight excluding hydrogens is 923 g/mol. The summed E-state index contributed by atoms with van der Waals surface area (Å²) >= 11 is -0.346. The van der Waals surface area contributed by atoms with E-state index in [0.29, 0.717) is 0 Å². The average Bonchev–Trinajstić information content (AvgIpc) is 3.92. The fraction of sp³-hybridized carbons (Fsp3) is 0.127. The quantitative estimate of drug-likeness (QED) is 0.102. The van der Waals surface area contributed by atoms with Crippen LogP contribution in [0.3, 0.4) is 0 Å². The molecule has 8 aromatic rings. The smallest absolute Gasteiger partial charge is 0.106 e. The summed E-state index contributed by atoms with van der Waals surface area (Å²) in [4.78, 5) is 0. The first-order valence-electron chi connectivity index (χ1n) is 21.1. The maximum atomic E-state index is 8.07. The van der Waals surface area contributed by atoms with Crippen LogP contribution in [0, 0.1) is 0 Å². The van der Waals surface area contributed by atoms with E-state index in [1.165, 1.54) is 34.1 Å². The van der Waals surface area contributed by atoms with Crippen LogP contribution >= 0.6 is 35.2 Å². The van der Waals surface area contributed by atoms with E-state index in [1.54, 1.807) is 32.9 Å². The second kappa shape index (κ2) is 21.4. The zero-order valence-electron chi connectivity index (χ0n) is 34.4. The van der Waals surface area contributed by atoms with Crippen molar-refractivity contribution in [1.82, 2.24) is 0 Å². The monoisotopic (exact) mass is 972 g/mol. The molecule has 0 radical (unpaired) electrons. The Morgan fingerprint density at radius 3 is 0.952 bits per heavy atom. The van der Waals surface area contributed by atoms with E-state index in [2.05, 4.69) is 158 Å². The van der Waals surface area contributed by atoms with Crippen LogP contribution in [-0.4, -0.2) is 0 Å². The molecule has 0 saturated heterocycles. The van der Waals surface area contributed by atoms with E-state index in [-0.39, 0.29) is 20.6 Å². The third-order valence-corrected chi connectivity index (χ3v) is 17.9. The standard InChI is InChI=1S/C41H34P2.C14H14N2.2ClH.Ru/c1-5-17-33(18-6-1)42(34-19-7-2-8-20-34)37-25-13-15-31-27-29-41(39(31)37)30-28-32-16-14-26-38(40(32)41)43(35-21-9-3-10-22-35)36-23-11-4-12-24-36;15-13(11-7-3-1-4-8-11)14(16)12-9-5-2-6-10-12;;;/h1-26H,27-30H2;1-10,13-16H;2*1H;/q;-2;;;+4/t;13-,14-;;;/m.1.../s1. The van der Waals surface area contributed by atoms with Gasteiger partial charge in [0.05, 0.1) is 15.8 Å². The minimum atomic E-state index is -1.19. The van der Waals surface area contributed by atoms with Gasteiger partial charge in [-0.25, -0.2) is 0 Å². The summed E-state index contributed by atoms with van der Waals surface area (Å²) in [5.41, 5.74) is 24.5. The zero-order chi connectivity index (χ0) is 42.7. The van der Waals surface area contributed by atoms with Crippen molar-refractivity contribution in [2.45, 2.75) is 43.2 Å². The molecule has 0 aromatic heterocycles. The Morgan fingerprint density at radius 1 is 0.387 bits per heavy atom. The van der Waals surface area contributed by atoms with Gasteiger partial charge in [0.15, 0.2) is 0 Å². The second-order valence-corrected chi connectivity index (χ2v) is 23.3. The molecule has 62 heavy (non-hydrogen) atoms. The number of benzene rings is 8. The molecule has 0 aliphatic heterocycles. The molecule has 2 nitrogen and oxygen atoms in total. The summed E-state index contributed by atoms with van der Waals surface area (Å²) in [7, 11) is 7.32. The molecule has 0 fully saturated rings. The van der Waals surface area contributed by atoms with Crippen LogP contribution in [0.1, 0.15) is 58.3 Å². The van der Waals surface area contributed by atoms with Crippen LogP contribution in [0.4, 0.5) is 0 Å². The molecule has 2 atom stereocenters. The van der Waals surface area contributed by atoms with E-state index < -0.39 is 27.9 Å². The van der Waals surface area contributed by atoms with E-state index >= 15 is 0 Å². The van der Waals surface area contributed by atoms with Crippen LogP contribution in [0.15, 0.2) is 218 Å². The number of nitrogens with one attached hydrogen (secondary N) is 2. The Balaban J connectivity index is 0.000000233. The van der Waals surface area contributed by atoms with Gasteiger partial charge in [-0.1, -0.05) is 169 Å². The molecular formula is C55H50Cl2N2P2Ru+2. The van der Waals surface area contributed by atoms with Gasteiger partial charge in [-0.2, -0.15) is 0 Å². The number of fused-ring (bicyclic) bond motifs is 4. The number of hydrogen-bond acceptors (Lipinski definition) is 0. The van der Waals surface area contributed by atoms with Crippen LogP contribution in [0.5, 0.6) is 0 Å². The van der Waals surface area contributed by atoms with Crippen LogP contribution in [-0.2, 0) is 33.4 Å². The molecule has 10 rings (SSSR count). The van der Waals surface area contributed by atoms with Gasteiger partial charge in [0, 0.05) is 16.5 Å². The Hall–Kier alpha value is -4.26. The van der Waals surface area contributed by atoms with Crippen molar-refractivity contribution >= 4 is 67.1 Å². The van der Waals surface area contributed by atoms with Gasteiger partial charge >= 0.3 is 34.5 Å².